The van der Waals surface area contributed by atoms with Gasteiger partial charge >= 0.3 is 0 Å². The average Bonchev–Trinajstić information content (AvgIpc) is 2.50. The first-order valence-corrected chi connectivity index (χ1v) is 7.18. The lowest BCUT2D eigenvalue weighted by Gasteiger charge is -2.11. The van der Waals surface area contributed by atoms with Crippen LogP contribution in [0.5, 0.6) is 0 Å². The van der Waals surface area contributed by atoms with E-state index >= 15 is 0 Å². The SMILES string of the molecule is CNC(=O)c1ccc(NC(=O)Cc2ccccc2C)c(C)c1. The molecule has 0 aliphatic carbocycles. The molecule has 0 unspecified atom stereocenters. The lowest BCUT2D eigenvalue weighted by Crippen LogP contribution is -2.19. The van der Waals surface area contributed by atoms with Gasteiger partial charge in [-0.25, -0.2) is 0 Å². The highest BCUT2D eigenvalue weighted by molar-refractivity contribution is 5.96. The minimum absolute atomic E-state index is 0.0647. The molecular formula is C18H20N2O2. The Kier molecular flexibility index (Phi) is 4.94. The zero-order valence-corrected chi connectivity index (χ0v) is 13.1. The second-order valence-corrected chi connectivity index (χ2v) is 5.26. The predicted molar refractivity (Wildman–Crippen MR) is 88.1 cm³/mol. The van der Waals surface area contributed by atoms with Gasteiger partial charge in [0, 0.05) is 18.3 Å². The minimum Gasteiger partial charge on any atom is -0.355 e. The number of rotatable bonds is 4. The fourth-order valence-electron chi connectivity index (χ4n) is 2.27. The summed E-state index contributed by atoms with van der Waals surface area (Å²) in [5, 5.41) is 5.48. The Balaban J connectivity index is 2.09. The normalized spacial score (nSPS) is 10.1. The number of amides is 2. The van der Waals surface area contributed by atoms with Crippen LogP contribution in [0.2, 0.25) is 0 Å². The molecule has 0 aliphatic rings. The van der Waals surface area contributed by atoms with E-state index in [4.69, 9.17) is 0 Å². The summed E-state index contributed by atoms with van der Waals surface area (Å²) in [6.07, 6.45) is 0.337. The Morgan fingerprint density at radius 3 is 2.36 bits per heavy atom. The van der Waals surface area contributed by atoms with Gasteiger partial charge in [0.2, 0.25) is 5.91 Å². The summed E-state index contributed by atoms with van der Waals surface area (Å²) in [7, 11) is 1.59. The van der Waals surface area contributed by atoms with Crippen LogP contribution in [0.3, 0.4) is 0 Å². The summed E-state index contributed by atoms with van der Waals surface area (Å²) < 4.78 is 0. The third-order valence-corrected chi connectivity index (χ3v) is 3.60. The maximum atomic E-state index is 12.2. The van der Waals surface area contributed by atoms with Gasteiger partial charge in [0.25, 0.3) is 5.91 Å². The number of carbonyl (C=O) groups excluding carboxylic acids is 2. The molecule has 2 rings (SSSR count). The Morgan fingerprint density at radius 2 is 1.73 bits per heavy atom. The average molecular weight is 296 g/mol. The zero-order valence-electron chi connectivity index (χ0n) is 13.1. The fraction of sp³-hybridized carbons (Fsp3) is 0.222. The van der Waals surface area contributed by atoms with Crippen molar-refractivity contribution in [2.75, 3.05) is 12.4 Å². The van der Waals surface area contributed by atoms with Crippen molar-refractivity contribution < 1.29 is 9.59 Å². The van der Waals surface area contributed by atoms with Gasteiger partial charge < -0.3 is 10.6 Å². The van der Waals surface area contributed by atoms with Crippen LogP contribution < -0.4 is 10.6 Å². The minimum atomic E-state index is -0.138. The lowest BCUT2D eigenvalue weighted by molar-refractivity contribution is -0.115. The number of nitrogens with one attached hydrogen (secondary N) is 2. The van der Waals surface area contributed by atoms with Crippen LogP contribution in [0.15, 0.2) is 42.5 Å². The standard InChI is InChI=1S/C18H20N2O2/c1-12-6-4-5-7-14(12)11-17(21)20-16-9-8-15(10-13(16)2)18(22)19-3/h4-10H,11H2,1-3H3,(H,19,22)(H,20,21). The van der Waals surface area contributed by atoms with E-state index < -0.39 is 0 Å². The van der Waals surface area contributed by atoms with Crippen molar-refractivity contribution >= 4 is 17.5 Å². The smallest absolute Gasteiger partial charge is 0.251 e. The number of anilines is 1. The lowest BCUT2D eigenvalue weighted by atomic mass is 10.1. The van der Waals surface area contributed by atoms with E-state index in [1.807, 2.05) is 38.1 Å². The van der Waals surface area contributed by atoms with E-state index in [0.29, 0.717) is 12.0 Å². The highest BCUT2D eigenvalue weighted by atomic mass is 16.2. The van der Waals surface area contributed by atoms with Gasteiger partial charge in [0.1, 0.15) is 0 Å². The van der Waals surface area contributed by atoms with Gasteiger partial charge in [-0.3, -0.25) is 9.59 Å². The molecular weight excluding hydrogens is 276 g/mol. The maximum Gasteiger partial charge on any atom is 0.251 e. The van der Waals surface area contributed by atoms with E-state index in [9.17, 15) is 9.59 Å². The van der Waals surface area contributed by atoms with Crippen LogP contribution in [0.1, 0.15) is 27.0 Å². The summed E-state index contributed by atoms with van der Waals surface area (Å²) in [4.78, 5) is 23.8. The first-order valence-electron chi connectivity index (χ1n) is 7.18. The molecule has 2 amide bonds. The van der Waals surface area contributed by atoms with Crippen LogP contribution >= 0.6 is 0 Å². The summed E-state index contributed by atoms with van der Waals surface area (Å²) in [5.41, 5.74) is 4.28. The van der Waals surface area contributed by atoms with Crippen molar-refractivity contribution in [2.24, 2.45) is 0 Å². The van der Waals surface area contributed by atoms with Crippen LogP contribution in [-0.2, 0) is 11.2 Å². The monoisotopic (exact) mass is 296 g/mol. The molecule has 0 fully saturated rings. The Morgan fingerprint density at radius 1 is 1.00 bits per heavy atom. The van der Waals surface area contributed by atoms with Gasteiger partial charge in [-0.15, -0.1) is 0 Å². The first kappa shape index (κ1) is 15.8. The summed E-state index contributed by atoms with van der Waals surface area (Å²) in [6, 6.07) is 13.1. The van der Waals surface area contributed by atoms with Crippen molar-refractivity contribution in [3.8, 4) is 0 Å². The quantitative estimate of drug-likeness (QED) is 0.911. The molecule has 0 atom stereocenters. The van der Waals surface area contributed by atoms with E-state index in [-0.39, 0.29) is 11.8 Å². The first-order chi connectivity index (χ1) is 10.5. The number of hydrogen-bond donors (Lipinski definition) is 2. The highest BCUT2D eigenvalue weighted by Gasteiger charge is 2.10. The van der Waals surface area contributed by atoms with Crippen molar-refractivity contribution in [2.45, 2.75) is 20.3 Å². The van der Waals surface area contributed by atoms with Gasteiger partial charge in [-0.2, -0.15) is 0 Å². The Hall–Kier alpha value is -2.62. The van der Waals surface area contributed by atoms with Crippen LogP contribution in [-0.4, -0.2) is 18.9 Å². The molecule has 0 bridgehead atoms. The van der Waals surface area contributed by atoms with Crippen molar-refractivity contribution in [3.05, 3.63) is 64.7 Å². The number of benzene rings is 2. The number of hydrogen-bond acceptors (Lipinski definition) is 2. The molecule has 0 saturated carbocycles. The summed E-state index contributed by atoms with van der Waals surface area (Å²) in [5.74, 6) is -0.203. The second kappa shape index (κ2) is 6.89. The molecule has 2 aromatic carbocycles. The van der Waals surface area contributed by atoms with Gasteiger partial charge in [0.15, 0.2) is 0 Å². The molecule has 0 aliphatic heterocycles. The van der Waals surface area contributed by atoms with Gasteiger partial charge in [-0.05, 0) is 48.7 Å². The van der Waals surface area contributed by atoms with Crippen LogP contribution in [0, 0.1) is 13.8 Å². The summed E-state index contributed by atoms with van der Waals surface area (Å²) >= 11 is 0. The largest absolute Gasteiger partial charge is 0.355 e. The van der Waals surface area contributed by atoms with Gasteiger partial charge in [0.05, 0.1) is 6.42 Å². The molecule has 2 N–H and O–H groups in total. The molecule has 2 aromatic rings. The second-order valence-electron chi connectivity index (χ2n) is 5.26. The van der Waals surface area contributed by atoms with Crippen molar-refractivity contribution in [1.29, 1.82) is 0 Å². The van der Waals surface area contributed by atoms with E-state index in [0.717, 1.165) is 22.4 Å². The summed E-state index contributed by atoms with van der Waals surface area (Å²) in [6.45, 7) is 3.86. The van der Waals surface area contributed by atoms with Crippen LogP contribution in [0.4, 0.5) is 5.69 Å². The van der Waals surface area contributed by atoms with E-state index in [2.05, 4.69) is 10.6 Å². The Labute approximate surface area is 130 Å². The molecule has 114 valence electrons. The molecule has 4 nitrogen and oxygen atoms in total. The molecule has 0 heterocycles. The van der Waals surface area contributed by atoms with Gasteiger partial charge in [-0.1, -0.05) is 24.3 Å². The van der Waals surface area contributed by atoms with E-state index in [1.165, 1.54) is 0 Å². The highest BCUT2D eigenvalue weighted by Crippen LogP contribution is 2.17. The van der Waals surface area contributed by atoms with Crippen LogP contribution in [0.25, 0.3) is 0 Å². The number of aryl methyl sites for hydroxylation is 2. The third-order valence-electron chi connectivity index (χ3n) is 3.60. The number of carbonyl (C=O) groups is 2. The third kappa shape index (κ3) is 3.73. The molecule has 0 aromatic heterocycles. The predicted octanol–water partition coefficient (Wildman–Crippen LogP) is 2.84. The molecule has 0 saturated heterocycles. The maximum absolute atomic E-state index is 12.2. The Bertz CT molecular complexity index is 708. The molecule has 22 heavy (non-hydrogen) atoms. The topological polar surface area (TPSA) is 58.2 Å². The molecule has 0 spiro atoms. The zero-order chi connectivity index (χ0) is 16.1. The van der Waals surface area contributed by atoms with Crippen molar-refractivity contribution in [3.63, 3.8) is 0 Å². The molecule has 0 radical (unpaired) electrons. The van der Waals surface area contributed by atoms with E-state index in [1.54, 1.807) is 25.2 Å². The fourth-order valence-corrected chi connectivity index (χ4v) is 2.27. The molecule has 4 heteroatoms. The van der Waals surface area contributed by atoms with Crippen molar-refractivity contribution in [1.82, 2.24) is 5.32 Å².